The standard InChI is InChI=1S/C21H15BrClN3O/c22-16-9-11-18(12-10-16)24-19(15-7-4-8-17(23)13-15)21-26-25-20(27-21)14-5-2-1-3-6-14/h1-13,19,24H. The van der Waals surface area contributed by atoms with Gasteiger partial charge in [0, 0.05) is 20.7 Å². The molecule has 27 heavy (non-hydrogen) atoms. The third-order valence-corrected chi connectivity index (χ3v) is 4.81. The van der Waals surface area contributed by atoms with Gasteiger partial charge in [-0.1, -0.05) is 57.9 Å². The molecule has 0 aliphatic carbocycles. The molecule has 0 fully saturated rings. The van der Waals surface area contributed by atoms with Crippen LogP contribution in [0.3, 0.4) is 0 Å². The van der Waals surface area contributed by atoms with Crippen LogP contribution in [0, 0.1) is 0 Å². The first kappa shape index (κ1) is 17.8. The lowest BCUT2D eigenvalue weighted by Crippen LogP contribution is -2.13. The number of nitrogens with zero attached hydrogens (tertiary/aromatic N) is 2. The van der Waals surface area contributed by atoms with E-state index in [0.29, 0.717) is 16.8 Å². The Hall–Kier alpha value is -2.63. The zero-order chi connectivity index (χ0) is 18.6. The summed E-state index contributed by atoms with van der Waals surface area (Å²) < 4.78 is 7.00. The van der Waals surface area contributed by atoms with Crippen molar-refractivity contribution in [1.82, 2.24) is 10.2 Å². The zero-order valence-corrected chi connectivity index (χ0v) is 16.5. The van der Waals surface area contributed by atoms with Gasteiger partial charge in [-0.3, -0.25) is 0 Å². The SMILES string of the molecule is Clc1cccc(C(Nc2ccc(Br)cc2)c2nnc(-c3ccccc3)o2)c1. The Morgan fingerprint density at radius 2 is 1.67 bits per heavy atom. The largest absolute Gasteiger partial charge is 0.418 e. The monoisotopic (exact) mass is 439 g/mol. The van der Waals surface area contributed by atoms with E-state index >= 15 is 0 Å². The Kier molecular flexibility index (Phi) is 5.23. The molecular weight excluding hydrogens is 426 g/mol. The number of hydrogen-bond donors (Lipinski definition) is 1. The predicted molar refractivity (Wildman–Crippen MR) is 111 cm³/mol. The van der Waals surface area contributed by atoms with Crippen LogP contribution in [0.4, 0.5) is 5.69 Å². The maximum Gasteiger partial charge on any atom is 0.247 e. The highest BCUT2D eigenvalue weighted by atomic mass is 79.9. The Morgan fingerprint density at radius 1 is 0.889 bits per heavy atom. The molecule has 6 heteroatoms. The third-order valence-electron chi connectivity index (χ3n) is 4.05. The summed E-state index contributed by atoms with van der Waals surface area (Å²) in [6.07, 6.45) is 0. The molecule has 0 spiro atoms. The van der Waals surface area contributed by atoms with Crippen LogP contribution < -0.4 is 5.32 Å². The fraction of sp³-hybridized carbons (Fsp3) is 0.0476. The molecule has 1 N–H and O–H groups in total. The van der Waals surface area contributed by atoms with Crippen LogP contribution in [0.5, 0.6) is 0 Å². The molecule has 0 aliphatic rings. The molecule has 0 radical (unpaired) electrons. The number of rotatable bonds is 5. The fourth-order valence-electron chi connectivity index (χ4n) is 2.74. The molecule has 4 rings (SSSR count). The molecular formula is C21H15BrClN3O. The highest BCUT2D eigenvalue weighted by molar-refractivity contribution is 9.10. The lowest BCUT2D eigenvalue weighted by Gasteiger charge is -2.17. The van der Waals surface area contributed by atoms with Crippen molar-refractivity contribution in [2.75, 3.05) is 5.32 Å². The average molecular weight is 441 g/mol. The van der Waals surface area contributed by atoms with Gasteiger partial charge in [0.25, 0.3) is 0 Å². The maximum atomic E-state index is 6.20. The number of halogens is 2. The van der Waals surface area contributed by atoms with Crippen molar-refractivity contribution in [2.24, 2.45) is 0 Å². The van der Waals surface area contributed by atoms with E-state index < -0.39 is 0 Å². The van der Waals surface area contributed by atoms with Gasteiger partial charge in [-0.15, -0.1) is 10.2 Å². The molecule has 4 aromatic rings. The van der Waals surface area contributed by atoms with Crippen molar-refractivity contribution in [3.63, 3.8) is 0 Å². The van der Waals surface area contributed by atoms with E-state index in [1.807, 2.05) is 78.9 Å². The van der Waals surface area contributed by atoms with Gasteiger partial charge in [0.1, 0.15) is 6.04 Å². The van der Waals surface area contributed by atoms with Crippen LogP contribution in [-0.2, 0) is 0 Å². The second-order valence-corrected chi connectivity index (χ2v) is 7.30. The molecule has 0 amide bonds. The number of aromatic nitrogens is 2. The predicted octanol–water partition coefficient (Wildman–Crippen LogP) is 6.35. The third kappa shape index (κ3) is 4.21. The molecule has 0 saturated carbocycles. The summed E-state index contributed by atoms with van der Waals surface area (Å²) in [5.41, 5.74) is 2.75. The lowest BCUT2D eigenvalue weighted by molar-refractivity contribution is 0.494. The minimum atomic E-state index is -0.324. The van der Waals surface area contributed by atoms with Gasteiger partial charge < -0.3 is 9.73 Å². The van der Waals surface area contributed by atoms with Crippen molar-refractivity contribution in [3.05, 3.63) is 99.8 Å². The number of benzene rings is 3. The van der Waals surface area contributed by atoms with Crippen molar-refractivity contribution in [3.8, 4) is 11.5 Å². The van der Waals surface area contributed by atoms with E-state index in [0.717, 1.165) is 21.3 Å². The quantitative estimate of drug-likeness (QED) is 0.392. The van der Waals surface area contributed by atoms with E-state index in [1.54, 1.807) is 0 Å². The Bertz CT molecular complexity index is 1030. The molecule has 4 nitrogen and oxygen atoms in total. The molecule has 134 valence electrons. The van der Waals surface area contributed by atoms with Crippen molar-refractivity contribution in [2.45, 2.75) is 6.04 Å². The smallest absolute Gasteiger partial charge is 0.247 e. The van der Waals surface area contributed by atoms with E-state index in [1.165, 1.54) is 0 Å². The number of anilines is 1. The summed E-state index contributed by atoms with van der Waals surface area (Å²) in [4.78, 5) is 0. The van der Waals surface area contributed by atoms with Gasteiger partial charge in [-0.05, 0) is 54.1 Å². The normalized spacial score (nSPS) is 11.9. The minimum absolute atomic E-state index is 0.324. The topological polar surface area (TPSA) is 51.0 Å². The van der Waals surface area contributed by atoms with Crippen LogP contribution in [0.1, 0.15) is 17.5 Å². The molecule has 1 heterocycles. The van der Waals surface area contributed by atoms with Gasteiger partial charge in [-0.25, -0.2) is 0 Å². The van der Waals surface area contributed by atoms with Crippen molar-refractivity contribution < 1.29 is 4.42 Å². The molecule has 1 atom stereocenters. The van der Waals surface area contributed by atoms with E-state index in [-0.39, 0.29) is 6.04 Å². The Labute approximate surface area is 170 Å². The van der Waals surface area contributed by atoms with Gasteiger partial charge in [-0.2, -0.15) is 0 Å². The van der Waals surface area contributed by atoms with Gasteiger partial charge in [0.05, 0.1) is 0 Å². The lowest BCUT2D eigenvalue weighted by atomic mass is 10.1. The second-order valence-electron chi connectivity index (χ2n) is 5.95. The molecule has 1 aromatic heterocycles. The average Bonchev–Trinajstić information content (AvgIpc) is 3.18. The first-order chi connectivity index (χ1) is 13.2. The molecule has 3 aromatic carbocycles. The summed E-state index contributed by atoms with van der Waals surface area (Å²) in [5.74, 6) is 0.953. The van der Waals surface area contributed by atoms with E-state index in [4.69, 9.17) is 16.0 Å². The van der Waals surface area contributed by atoms with Crippen LogP contribution >= 0.6 is 27.5 Å². The summed E-state index contributed by atoms with van der Waals surface area (Å²) in [5, 5.41) is 12.6. The van der Waals surface area contributed by atoms with E-state index in [9.17, 15) is 0 Å². The first-order valence-corrected chi connectivity index (χ1v) is 9.52. The molecule has 0 bridgehead atoms. The van der Waals surface area contributed by atoms with Crippen molar-refractivity contribution >= 4 is 33.2 Å². The number of nitrogens with one attached hydrogen (secondary N) is 1. The highest BCUT2D eigenvalue weighted by Crippen LogP contribution is 2.30. The fourth-order valence-corrected chi connectivity index (χ4v) is 3.20. The van der Waals surface area contributed by atoms with Crippen LogP contribution in [-0.4, -0.2) is 10.2 Å². The minimum Gasteiger partial charge on any atom is -0.418 e. The Morgan fingerprint density at radius 3 is 2.41 bits per heavy atom. The zero-order valence-electron chi connectivity index (χ0n) is 14.1. The maximum absolute atomic E-state index is 6.20. The highest BCUT2D eigenvalue weighted by Gasteiger charge is 2.22. The van der Waals surface area contributed by atoms with E-state index in [2.05, 4.69) is 31.4 Å². The number of hydrogen-bond acceptors (Lipinski definition) is 4. The van der Waals surface area contributed by atoms with Crippen LogP contribution in [0.2, 0.25) is 5.02 Å². The first-order valence-electron chi connectivity index (χ1n) is 8.35. The molecule has 0 aliphatic heterocycles. The summed E-state index contributed by atoms with van der Waals surface area (Å²) >= 11 is 9.65. The van der Waals surface area contributed by atoms with Gasteiger partial charge in [0.15, 0.2) is 0 Å². The summed E-state index contributed by atoms with van der Waals surface area (Å²) in [6, 6.07) is 24.9. The second kappa shape index (κ2) is 7.94. The van der Waals surface area contributed by atoms with Crippen LogP contribution in [0.15, 0.2) is 87.8 Å². The van der Waals surface area contributed by atoms with Crippen LogP contribution in [0.25, 0.3) is 11.5 Å². The Balaban J connectivity index is 1.71. The molecule has 1 unspecified atom stereocenters. The summed E-state index contributed by atoms with van der Waals surface area (Å²) in [7, 11) is 0. The van der Waals surface area contributed by atoms with Gasteiger partial charge >= 0.3 is 0 Å². The van der Waals surface area contributed by atoms with Crippen molar-refractivity contribution in [1.29, 1.82) is 0 Å². The molecule has 0 saturated heterocycles. The summed E-state index contributed by atoms with van der Waals surface area (Å²) in [6.45, 7) is 0. The van der Waals surface area contributed by atoms with Gasteiger partial charge in [0.2, 0.25) is 11.8 Å².